The normalized spacial score (nSPS) is 16.5. The fourth-order valence-electron chi connectivity index (χ4n) is 4.20. The first-order valence-electron chi connectivity index (χ1n) is 12.4. The van der Waals surface area contributed by atoms with Crippen molar-refractivity contribution in [1.29, 1.82) is 0 Å². The maximum atomic E-state index is 13.4. The van der Waals surface area contributed by atoms with Crippen molar-refractivity contribution in [2.45, 2.75) is 29.5 Å². The zero-order chi connectivity index (χ0) is 28.2. The number of ketones is 1. The highest BCUT2D eigenvalue weighted by molar-refractivity contribution is 8.00. The third kappa shape index (κ3) is 5.88. The fraction of sp³-hybridized carbons (Fsp3) is 0.172. The largest absolute Gasteiger partial charge is 0.507 e. The number of thioether (sulfide) groups is 1. The molecule has 3 aromatic carbocycles. The van der Waals surface area contributed by atoms with E-state index in [-0.39, 0.29) is 16.5 Å². The van der Waals surface area contributed by atoms with Crippen molar-refractivity contribution in [3.8, 4) is 5.75 Å². The van der Waals surface area contributed by atoms with Gasteiger partial charge in [0.25, 0.3) is 5.78 Å². The van der Waals surface area contributed by atoms with Crippen molar-refractivity contribution in [3.63, 3.8) is 0 Å². The fourth-order valence-corrected chi connectivity index (χ4v) is 6.63. The number of hydrogen-bond donors (Lipinski definition) is 1. The molecule has 1 aliphatic rings. The molecular formula is C29H23Cl2N3O4S2. The van der Waals surface area contributed by atoms with Crippen LogP contribution in [-0.2, 0) is 15.3 Å². The number of aliphatic hydroxyl groups excluding tert-OH is 1. The van der Waals surface area contributed by atoms with Crippen molar-refractivity contribution >= 4 is 68.9 Å². The average molecular weight is 613 g/mol. The van der Waals surface area contributed by atoms with Crippen molar-refractivity contribution in [3.05, 3.63) is 105 Å². The number of Topliss-reactive ketones (excluding diaryl/α,β-unsaturated/α-hetero) is 1. The zero-order valence-corrected chi connectivity index (χ0v) is 24.4. The van der Waals surface area contributed by atoms with E-state index < -0.39 is 17.7 Å². The molecule has 7 nitrogen and oxygen atoms in total. The van der Waals surface area contributed by atoms with Crippen molar-refractivity contribution in [2.75, 3.05) is 11.5 Å². The Balaban J connectivity index is 1.51. The number of anilines is 1. The van der Waals surface area contributed by atoms with Gasteiger partial charge in [0, 0.05) is 21.4 Å². The summed E-state index contributed by atoms with van der Waals surface area (Å²) in [5.41, 5.74) is 1.91. The quantitative estimate of drug-likeness (QED) is 0.0686. The second-order valence-corrected chi connectivity index (χ2v) is 11.8. The average Bonchev–Trinajstić information content (AvgIpc) is 3.53. The van der Waals surface area contributed by atoms with Crippen molar-refractivity contribution in [1.82, 2.24) is 10.2 Å². The topological polar surface area (TPSA) is 92.6 Å². The SMILES string of the molecule is CCCOc1ccc(C2/C(=C(/O)c3ccccc3)C(=O)C(=O)N2c2nnc(SCc3ccc(Cl)cc3Cl)s2)cc1. The lowest BCUT2D eigenvalue weighted by Crippen LogP contribution is -2.29. The van der Waals surface area contributed by atoms with E-state index >= 15 is 0 Å². The van der Waals surface area contributed by atoms with Gasteiger partial charge in [-0.2, -0.15) is 0 Å². The maximum Gasteiger partial charge on any atom is 0.301 e. The Morgan fingerprint density at radius 2 is 1.80 bits per heavy atom. The van der Waals surface area contributed by atoms with Gasteiger partial charge in [-0.15, -0.1) is 10.2 Å². The van der Waals surface area contributed by atoms with Crippen LogP contribution in [0.25, 0.3) is 5.76 Å². The van der Waals surface area contributed by atoms with Crippen LogP contribution >= 0.6 is 46.3 Å². The molecule has 1 amide bonds. The molecule has 11 heteroatoms. The second-order valence-electron chi connectivity index (χ2n) is 8.83. The summed E-state index contributed by atoms with van der Waals surface area (Å²) in [7, 11) is 0. The van der Waals surface area contributed by atoms with E-state index in [2.05, 4.69) is 10.2 Å². The van der Waals surface area contributed by atoms with Crippen LogP contribution in [0.5, 0.6) is 5.75 Å². The van der Waals surface area contributed by atoms with Crippen molar-refractivity contribution < 1.29 is 19.4 Å². The molecule has 0 spiro atoms. The Morgan fingerprint density at radius 1 is 1.05 bits per heavy atom. The zero-order valence-electron chi connectivity index (χ0n) is 21.2. The van der Waals surface area contributed by atoms with E-state index in [1.54, 1.807) is 66.7 Å². The van der Waals surface area contributed by atoms with Gasteiger partial charge in [-0.1, -0.05) is 102 Å². The number of benzene rings is 3. The number of carbonyl (C=O) groups is 2. The molecule has 0 radical (unpaired) electrons. The second kappa shape index (κ2) is 12.4. The van der Waals surface area contributed by atoms with Gasteiger partial charge in [-0.25, -0.2) is 0 Å². The van der Waals surface area contributed by atoms with Gasteiger partial charge in [0.1, 0.15) is 11.5 Å². The third-order valence-corrected chi connectivity index (χ3v) is 8.82. The molecule has 204 valence electrons. The Labute approximate surface area is 249 Å². The highest BCUT2D eigenvalue weighted by atomic mass is 35.5. The van der Waals surface area contributed by atoms with E-state index in [1.165, 1.54) is 28.0 Å². The van der Waals surface area contributed by atoms with E-state index in [9.17, 15) is 14.7 Å². The van der Waals surface area contributed by atoms with E-state index in [4.69, 9.17) is 27.9 Å². The van der Waals surface area contributed by atoms with Crippen LogP contribution < -0.4 is 9.64 Å². The number of aromatic nitrogens is 2. The van der Waals surface area contributed by atoms with E-state index in [0.717, 1.165) is 12.0 Å². The summed E-state index contributed by atoms with van der Waals surface area (Å²) in [4.78, 5) is 28.1. The summed E-state index contributed by atoms with van der Waals surface area (Å²) in [6.07, 6.45) is 0.862. The lowest BCUT2D eigenvalue weighted by Gasteiger charge is -2.22. The smallest absolute Gasteiger partial charge is 0.301 e. The van der Waals surface area contributed by atoms with Crippen molar-refractivity contribution in [2.24, 2.45) is 0 Å². The van der Waals surface area contributed by atoms with E-state index in [1.807, 2.05) is 13.0 Å². The highest BCUT2D eigenvalue weighted by Gasteiger charge is 2.48. The molecular weight excluding hydrogens is 589 g/mol. The predicted molar refractivity (Wildman–Crippen MR) is 159 cm³/mol. The minimum absolute atomic E-state index is 0.0178. The highest BCUT2D eigenvalue weighted by Crippen LogP contribution is 2.44. The summed E-state index contributed by atoms with van der Waals surface area (Å²) >= 11 is 14.9. The van der Waals surface area contributed by atoms with Gasteiger partial charge in [0.2, 0.25) is 5.13 Å². The van der Waals surface area contributed by atoms with Crippen LogP contribution in [0.3, 0.4) is 0 Å². The first-order chi connectivity index (χ1) is 19.4. The number of amides is 1. The van der Waals surface area contributed by atoms with Crippen LogP contribution in [0.15, 0.2) is 82.7 Å². The van der Waals surface area contributed by atoms with Crippen LogP contribution in [0.2, 0.25) is 10.0 Å². The minimum Gasteiger partial charge on any atom is -0.507 e. The Bertz CT molecular complexity index is 1580. The van der Waals surface area contributed by atoms with Gasteiger partial charge in [0.15, 0.2) is 4.34 Å². The minimum atomic E-state index is -0.906. The van der Waals surface area contributed by atoms with Crippen LogP contribution in [0.1, 0.15) is 36.1 Å². The molecule has 5 rings (SSSR count). The van der Waals surface area contributed by atoms with Gasteiger partial charge in [-0.05, 0) is 41.8 Å². The monoisotopic (exact) mass is 611 g/mol. The summed E-state index contributed by atoms with van der Waals surface area (Å²) in [5, 5.41) is 21.1. The number of rotatable bonds is 9. The lowest BCUT2D eigenvalue weighted by atomic mass is 9.95. The molecule has 0 aliphatic carbocycles. The summed E-state index contributed by atoms with van der Waals surface area (Å²) in [6.45, 7) is 2.59. The number of hydrogen-bond acceptors (Lipinski definition) is 8. The molecule has 1 aromatic heterocycles. The number of aliphatic hydroxyl groups is 1. The number of carbonyl (C=O) groups excluding carboxylic acids is 2. The molecule has 40 heavy (non-hydrogen) atoms. The molecule has 1 N–H and O–H groups in total. The van der Waals surface area contributed by atoms with Gasteiger partial charge in [-0.3, -0.25) is 14.5 Å². The standard InChI is InChI=1S/C29H23Cl2N3O4S2/c1-2-14-38-21-12-9-17(10-13-21)24-23(25(35)18-6-4-3-5-7-18)26(36)27(37)34(24)28-32-33-29(40-28)39-16-19-8-11-20(30)15-22(19)31/h3-13,15,24,35H,2,14,16H2,1H3/b25-23-. The Hall–Kier alpha value is -3.37. The maximum absolute atomic E-state index is 13.4. The van der Waals surface area contributed by atoms with E-state index in [0.29, 0.717) is 43.6 Å². The molecule has 0 saturated carbocycles. The summed E-state index contributed by atoms with van der Waals surface area (Å²) < 4.78 is 6.29. The molecule has 4 aromatic rings. The molecule has 1 atom stereocenters. The van der Waals surface area contributed by atoms with Gasteiger partial charge in [0.05, 0.1) is 18.2 Å². The van der Waals surface area contributed by atoms with Crippen LogP contribution in [-0.4, -0.2) is 33.6 Å². The van der Waals surface area contributed by atoms with Crippen LogP contribution in [0, 0.1) is 0 Å². The molecule has 2 heterocycles. The molecule has 1 fully saturated rings. The summed E-state index contributed by atoms with van der Waals surface area (Å²) in [6, 6.07) is 20.2. The Morgan fingerprint density at radius 3 is 2.50 bits per heavy atom. The predicted octanol–water partition coefficient (Wildman–Crippen LogP) is 7.55. The number of halogens is 2. The first-order valence-corrected chi connectivity index (χ1v) is 14.9. The summed E-state index contributed by atoms with van der Waals surface area (Å²) in [5.74, 6) is -0.660. The van der Waals surface area contributed by atoms with Gasteiger partial charge < -0.3 is 9.84 Å². The van der Waals surface area contributed by atoms with Gasteiger partial charge >= 0.3 is 5.91 Å². The lowest BCUT2D eigenvalue weighted by molar-refractivity contribution is -0.132. The molecule has 1 saturated heterocycles. The third-order valence-electron chi connectivity index (χ3n) is 6.13. The number of nitrogens with zero attached hydrogens (tertiary/aromatic N) is 3. The number of ether oxygens (including phenoxy) is 1. The Kier molecular flexibility index (Phi) is 8.75. The molecule has 1 unspecified atom stereocenters. The molecule has 0 bridgehead atoms. The molecule has 1 aliphatic heterocycles. The first kappa shape index (κ1) is 28.2. The van der Waals surface area contributed by atoms with Crippen LogP contribution in [0.4, 0.5) is 5.13 Å².